The minimum absolute atomic E-state index is 0.300. The number of hydrogen-bond acceptors (Lipinski definition) is 4. The maximum Gasteiger partial charge on any atom is 0.339 e. The molecule has 0 saturated carbocycles. The fraction of sp³-hybridized carbons (Fsp3) is 0.357. The summed E-state index contributed by atoms with van der Waals surface area (Å²) in [5.74, 6) is -0.370. The average Bonchev–Trinajstić information content (AvgIpc) is 2.77. The fourth-order valence-electron chi connectivity index (χ4n) is 2.51. The normalized spacial score (nSPS) is 16.8. The second-order valence-corrected chi connectivity index (χ2v) is 4.73. The molecule has 2 N–H and O–H groups in total. The van der Waals surface area contributed by atoms with Gasteiger partial charge in [-0.1, -0.05) is 18.2 Å². The molecule has 100 valence electrons. The SMILES string of the molecule is O=C(O)c1c(CN2CCNCC2)oc2ccccc12. The zero-order chi connectivity index (χ0) is 13.2. The quantitative estimate of drug-likeness (QED) is 0.876. The smallest absolute Gasteiger partial charge is 0.339 e. The van der Waals surface area contributed by atoms with Crippen molar-refractivity contribution in [2.24, 2.45) is 0 Å². The summed E-state index contributed by atoms with van der Waals surface area (Å²) in [4.78, 5) is 13.7. The van der Waals surface area contributed by atoms with E-state index in [4.69, 9.17) is 4.42 Å². The third-order valence-corrected chi connectivity index (χ3v) is 3.46. The lowest BCUT2D eigenvalue weighted by Crippen LogP contribution is -2.43. The zero-order valence-corrected chi connectivity index (χ0v) is 10.6. The van der Waals surface area contributed by atoms with Crippen LogP contribution in [0.2, 0.25) is 0 Å². The molecule has 19 heavy (non-hydrogen) atoms. The van der Waals surface area contributed by atoms with Crippen LogP contribution < -0.4 is 5.32 Å². The maximum absolute atomic E-state index is 11.4. The van der Waals surface area contributed by atoms with Gasteiger partial charge in [-0.3, -0.25) is 4.90 Å². The van der Waals surface area contributed by atoms with Crippen LogP contribution in [0, 0.1) is 0 Å². The molecule has 1 aliphatic heterocycles. The van der Waals surface area contributed by atoms with Crippen molar-refractivity contribution in [3.05, 3.63) is 35.6 Å². The molecule has 0 amide bonds. The van der Waals surface area contributed by atoms with Gasteiger partial charge in [0.25, 0.3) is 0 Å². The number of carbonyl (C=O) groups is 1. The number of carboxylic acid groups (broad SMARTS) is 1. The Morgan fingerprint density at radius 2 is 2.05 bits per heavy atom. The van der Waals surface area contributed by atoms with Gasteiger partial charge in [0.05, 0.1) is 6.54 Å². The van der Waals surface area contributed by atoms with Gasteiger partial charge < -0.3 is 14.8 Å². The summed E-state index contributed by atoms with van der Waals surface area (Å²) >= 11 is 0. The molecule has 2 heterocycles. The molecule has 3 rings (SSSR count). The van der Waals surface area contributed by atoms with Gasteiger partial charge in [-0.25, -0.2) is 4.79 Å². The van der Waals surface area contributed by atoms with Crippen LogP contribution in [-0.4, -0.2) is 42.2 Å². The molecule has 0 aliphatic carbocycles. The predicted molar refractivity (Wildman–Crippen MR) is 71.3 cm³/mol. The highest BCUT2D eigenvalue weighted by molar-refractivity contribution is 6.03. The predicted octanol–water partition coefficient (Wildman–Crippen LogP) is 1.54. The molecule has 0 spiro atoms. The highest BCUT2D eigenvalue weighted by Gasteiger charge is 2.22. The van der Waals surface area contributed by atoms with Crippen LogP contribution in [0.3, 0.4) is 0 Å². The van der Waals surface area contributed by atoms with E-state index < -0.39 is 5.97 Å². The van der Waals surface area contributed by atoms with Crippen LogP contribution in [-0.2, 0) is 6.54 Å². The first kappa shape index (κ1) is 12.2. The standard InChI is InChI=1S/C14H16N2O3/c17-14(18)13-10-3-1-2-4-11(10)19-12(13)9-16-7-5-15-6-8-16/h1-4,15H,5-9H2,(H,17,18). The summed E-state index contributed by atoms with van der Waals surface area (Å²) in [6.07, 6.45) is 0. The zero-order valence-electron chi connectivity index (χ0n) is 10.6. The fourth-order valence-corrected chi connectivity index (χ4v) is 2.51. The van der Waals surface area contributed by atoms with Crippen LogP contribution in [0.15, 0.2) is 28.7 Å². The van der Waals surface area contributed by atoms with E-state index in [1.54, 1.807) is 6.07 Å². The molecule has 1 aromatic carbocycles. The molecule has 0 atom stereocenters. The number of rotatable bonds is 3. The molecule has 0 bridgehead atoms. The average molecular weight is 260 g/mol. The summed E-state index contributed by atoms with van der Waals surface area (Å²) in [6, 6.07) is 7.29. The molecular weight excluding hydrogens is 244 g/mol. The Hall–Kier alpha value is -1.85. The van der Waals surface area contributed by atoms with Gasteiger partial charge in [0.15, 0.2) is 0 Å². The number of furan rings is 1. The van der Waals surface area contributed by atoms with E-state index in [2.05, 4.69) is 10.2 Å². The van der Waals surface area contributed by atoms with Crippen molar-refractivity contribution >= 4 is 16.9 Å². The van der Waals surface area contributed by atoms with E-state index in [1.807, 2.05) is 18.2 Å². The second kappa shape index (κ2) is 5.03. The first-order chi connectivity index (χ1) is 9.25. The lowest BCUT2D eigenvalue weighted by Gasteiger charge is -2.26. The molecular formula is C14H16N2O3. The van der Waals surface area contributed by atoms with Crippen LogP contribution in [0.25, 0.3) is 11.0 Å². The van der Waals surface area contributed by atoms with Crippen molar-refractivity contribution in [1.29, 1.82) is 0 Å². The molecule has 1 saturated heterocycles. The number of carboxylic acids is 1. The van der Waals surface area contributed by atoms with Gasteiger partial charge in [-0.05, 0) is 6.07 Å². The third-order valence-electron chi connectivity index (χ3n) is 3.46. The van der Waals surface area contributed by atoms with E-state index in [0.717, 1.165) is 26.2 Å². The van der Waals surface area contributed by atoms with Crippen LogP contribution in [0.1, 0.15) is 16.1 Å². The molecule has 1 aliphatic rings. The topological polar surface area (TPSA) is 65.7 Å². The van der Waals surface area contributed by atoms with Gasteiger partial charge >= 0.3 is 5.97 Å². The van der Waals surface area contributed by atoms with Gasteiger partial charge in [0, 0.05) is 31.6 Å². The Morgan fingerprint density at radius 3 is 2.79 bits per heavy atom. The number of fused-ring (bicyclic) bond motifs is 1. The minimum Gasteiger partial charge on any atom is -0.478 e. The van der Waals surface area contributed by atoms with E-state index in [9.17, 15) is 9.90 Å². The number of nitrogens with one attached hydrogen (secondary N) is 1. The summed E-state index contributed by atoms with van der Waals surface area (Å²) < 4.78 is 5.72. The minimum atomic E-state index is -0.921. The van der Waals surface area contributed by atoms with Gasteiger partial charge in [-0.15, -0.1) is 0 Å². The van der Waals surface area contributed by atoms with Crippen molar-refractivity contribution in [2.45, 2.75) is 6.54 Å². The maximum atomic E-state index is 11.4. The summed E-state index contributed by atoms with van der Waals surface area (Å²) in [6.45, 7) is 4.25. The molecule has 5 nitrogen and oxygen atoms in total. The van der Waals surface area contributed by atoms with E-state index in [0.29, 0.717) is 28.8 Å². The van der Waals surface area contributed by atoms with E-state index in [-0.39, 0.29) is 0 Å². The lowest BCUT2D eigenvalue weighted by atomic mass is 10.1. The Morgan fingerprint density at radius 1 is 1.32 bits per heavy atom. The first-order valence-corrected chi connectivity index (χ1v) is 6.42. The van der Waals surface area contributed by atoms with Crippen LogP contribution >= 0.6 is 0 Å². The van der Waals surface area contributed by atoms with Gasteiger partial charge in [0.1, 0.15) is 16.9 Å². The van der Waals surface area contributed by atoms with Crippen molar-refractivity contribution in [2.75, 3.05) is 26.2 Å². The summed E-state index contributed by atoms with van der Waals surface area (Å²) in [7, 11) is 0. The first-order valence-electron chi connectivity index (χ1n) is 6.42. The molecule has 5 heteroatoms. The lowest BCUT2D eigenvalue weighted by molar-refractivity contribution is 0.0694. The second-order valence-electron chi connectivity index (χ2n) is 4.73. The van der Waals surface area contributed by atoms with Crippen LogP contribution in [0.5, 0.6) is 0 Å². The number of aromatic carboxylic acids is 1. The van der Waals surface area contributed by atoms with Gasteiger partial charge in [0.2, 0.25) is 0 Å². The number of piperazine rings is 1. The van der Waals surface area contributed by atoms with E-state index >= 15 is 0 Å². The summed E-state index contributed by atoms with van der Waals surface area (Å²) in [5, 5.41) is 13.3. The largest absolute Gasteiger partial charge is 0.478 e. The van der Waals surface area contributed by atoms with Crippen molar-refractivity contribution in [3.63, 3.8) is 0 Å². The number of nitrogens with zero attached hydrogens (tertiary/aromatic N) is 1. The van der Waals surface area contributed by atoms with Crippen molar-refractivity contribution in [1.82, 2.24) is 10.2 Å². The van der Waals surface area contributed by atoms with Crippen molar-refractivity contribution in [3.8, 4) is 0 Å². The Bertz CT molecular complexity index is 600. The third kappa shape index (κ3) is 2.34. The highest BCUT2D eigenvalue weighted by Crippen LogP contribution is 2.26. The molecule has 0 radical (unpaired) electrons. The number of hydrogen-bond donors (Lipinski definition) is 2. The summed E-state index contributed by atoms with van der Waals surface area (Å²) in [5.41, 5.74) is 0.944. The molecule has 2 aromatic rings. The van der Waals surface area contributed by atoms with Crippen LogP contribution in [0.4, 0.5) is 0 Å². The van der Waals surface area contributed by atoms with Gasteiger partial charge in [-0.2, -0.15) is 0 Å². The molecule has 0 unspecified atom stereocenters. The molecule has 1 aromatic heterocycles. The Balaban J connectivity index is 1.97. The Kier molecular flexibility index (Phi) is 3.23. The Labute approximate surface area is 110 Å². The monoisotopic (exact) mass is 260 g/mol. The number of para-hydroxylation sites is 1. The molecule has 1 fully saturated rings. The number of benzene rings is 1. The van der Waals surface area contributed by atoms with Crippen molar-refractivity contribution < 1.29 is 14.3 Å². The highest BCUT2D eigenvalue weighted by atomic mass is 16.4. The van der Waals surface area contributed by atoms with E-state index in [1.165, 1.54) is 0 Å².